The Balaban J connectivity index is 1.99. The van der Waals surface area contributed by atoms with Crippen LogP contribution >= 0.6 is 0 Å². The second-order valence-electron chi connectivity index (χ2n) is 4.79. The number of carbonyl (C=O) groups is 1. The van der Waals surface area contributed by atoms with Crippen LogP contribution in [0.5, 0.6) is 11.5 Å². The summed E-state index contributed by atoms with van der Waals surface area (Å²) in [7, 11) is 3.14. The first-order valence-corrected chi connectivity index (χ1v) is 7.05. The lowest BCUT2D eigenvalue weighted by atomic mass is 10.1. The summed E-state index contributed by atoms with van der Waals surface area (Å²) in [5, 5.41) is 2.73. The molecule has 2 rings (SSSR count). The number of amides is 1. The highest BCUT2D eigenvalue weighted by Crippen LogP contribution is 2.24. The lowest BCUT2D eigenvalue weighted by molar-refractivity contribution is -0.116. The Hall–Kier alpha value is -2.82. The van der Waals surface area contributed by atoms with E-state index in [9.17, 15) is 9.18 Å². The molecule has 23 heavy (non-hydrogen) atoms. The summed E-state index contributed by atoms with van der Waals surface area (Å²) >= 11 is 0. The Labute approximate surface area is 134 Å². The van der Waals surface area contributed by atoms with E-state index in [0.29, 0.717) is 18.0 Å². The predicted octanol–water partition coefficient (Wildman–Crippen LogP) is 3.17. The Kier molecular flexibility index (Phi) is 5.74. The molecule has 0 bridgehead atoms. The highest BCUT2D eigenvalue weighted by Gasteiger charge is 2.03. The van der Waals surface area contributed by atoms with Gasteiger partial charge in [-0.1, -0.05) is 12.1 Å². The third-order valence-electron chi connectivity index (χ3n) is 3.23. The fourth-order valence-electron chi connectivity index (χ4n) is 1.99. The van der Waals surface area contributed by atoms with Gasteiger partial charge >= 0.3 is 0 Å². The molecule has 2 aromatic carbocycles. The van der Waals surface area contributed by atoms with Gasteiger partial charge in [0.15, 0.2) is 0 Å². The van der Waals surface area contributed by atoms with Gasteiger partial charge in [0, 0.05) is 18.2 Å². The third-order valence-corrected chi connectivity index (χ3v) is 3.23. The number of methoxy groups -OCH3 is 2. The number of ether oxygens (including phenoxy) is 2. The normalized spacial score (nSPS) is 10.6. The second-order valence-corrected chi connectivity index (χ2v) is 4.79. The average Bonchev–Trinajstić information content (AvgIpc) is 2.59. The van der Waals surface area contributed by atoms with Crippen LogP contribution in [0.2, 0.25) is 0 Å². The first kappa shape index (κ1) is 16.5. The van der Waals surface area contributed by atoms with E-state index in [2.05, 4.69) is 5.32 Å². The molecule has 0 saturated carbocycles. The van der Waals surface area contributed by atoms with E-state index >= 15 is 0 Å². The molecular formula is C18H18FNO3. The Bertz CT molecular complexity index is 696. The van der Waals surface area contributed by atoms with E-state index in [1.807, 2.05) is 0 Å². The summed E-state index contributed by atoms with van der Waals surface area (Å²) in [5.74, 6) is 0.773. The van der Waals surface area contributed by atoms with Gasteiger partial charge < -0.3 is 14.8 Å². The van der Waals surface area contributed by atoms with Crippen molar-refractivity contribution in [1.82, 2.24) is 5.32 Å². The van der Waals surface area contributed by atoms with E-state index in [1.54, 1.807) is 50.6 Å². The van der Waals surface area contributed by atoms with Crippen molar-refractivity contribution in [3.63, 3.8) is 0 Å². The molecule has 0 fully saturated rings. The summed E-state index contributed by atoms with van der Waals surface area (Å²) in [4.78, 5) is 11.9. The molecular weight excluding hydrogens is 297 g/mol. The van der Waals surface area contributed by atoms with Gasteiger partial charge in [0.05, 0.1) is 14.2 Å². The molecule has 0 aliphatic carbocycles. The van der Waals surface area contributed by atoms with Gasteiger partial charge in [0.25, 0.3) is 0 Å². The van der Waals surface area contributed by atoms with E-state index in [-0.39, 0.29) is 11.7 Å². The number of nitrogens with one attached hydrogen (secondary N) is 1. The number of rotatable bonds is 6. The lowest BCUT2D eigenvalue weighted by Gasteiger charge is -2.07. The van der Waals surface area contributed by atoms with Crippen molar-refractivity contribution in [2.75, 3.05) is 14.2 Å². The molecule has 1 amide bonds. The summed E-state index contributed by atoms with van der Waals surface area (Å²) in [6, 6.07) is 11.3. The van der Waals surface area contributed by atoms with Crippen LogP contribution < -0.4 is 14.8 Å². The quantitative estimate of drug-likeness (QED) is 0.833. The smallest absolute Gasteiger partial charge is 0.244 e. The molecule has 0 atom stereocenters. The first-order chi connectivity index (χ1) is 11.1. The Morgan fingerprint density at radius 3 is 2.52 bits per heavy atom. The van der Waals surface area contributed by atoms with Crippen LogP contribution in [0.4, 0.5) is 4.39 Å². The van der Waals surface area contributed by atoms with Gasteiger partial charge in [-0.05, 0) is 42.0 Å². The zero-order chi connectivity index (χ0) is 16.7. The molecule has 0 radical (unpaired) electrons. The lowest BCUT2D eigenvalue weighted by Crippen LogP contribution is -2.20. The van der Waals surface area contributed by atoms with Crippen molar-refractivity contribution < 1.29 is 18.7 Å². The molecule has 0 aliphatic rings. The fraction of sp³-hybridized carbons (Fsp3) is 0.167. The van der Waals surface area contributed by atoms with Gasteiger partial charge in [-0.2, -0.15) is 0 Å². The molecule has 0 spiro atoms. The summed E-state index contributed by atoms with van der Waals surface area (Å²) in [6.07, 6.45) is 3.07. The van der Waals surface area contributed by atoms with E-state index < -0.39 is 0 Å². The van der Waals surface area contributed by atoms with Gasteiger partial charge in [0.2, 0.25) is 5.91 Å². The van der Waals surface area contributed by atoms with Crippen molar-refractivity contribution in [3.05, 3.63) is 65.5 Å². The Morgan fingerprint density at radius 2 is 1.87 bits per heavy atom. The van der Waals surface area contributed by atoms with Crippen molar-refractivity contribution in [2.24, 2.45) is 0 Å². The maximum atomic E-state index is 12.8. The maximum absolute atomic E-state index is 12.8. The van der Waals surface area contributed by atoms with E-state index in [4.69, 9.17) is 9.47 Å². The minimum atomic E-state index is -0.301. The van der Waals surface area contributed by atoms with E-state index in [0.717, 1.165) is 11.1 Å². The number of halogens is 1. The zero-order valence-electron chi connectivity index (χ0n) is 13.0. The van der Waals surface area contributed by atoms with E-state index in [1.165, 1.54) is 18.2 Å². The number of benzene rings is 2. The predicted molar refractivity (Wildman–Crippen MR) is 86.8 cm³/mol. The van der Waals surface area contributed by atoms with Gasteiger partial charge in [-0.15, -0.1) is 0 Å². The first-order valence-electron chi connectivity index (χ1n) is 7.05. The number of hydrogen-bond acceptors (Lipinski definition) is 3. The van der Waals surface area contributed by atoms with Crippen LogP contribution in [-0.4, -0.2) is 20.1 Å². The standard InChI is InChI=1S/C18H18FNO3/c1-22-16-8-9-17(23-2)14(11-16)5-10-18(21)20-12-13-3-6-15(19)7-4-13/h3-11H,12H2,1-2H3,(H,20,21)/b10-5+. The second kappa shape index (κ2) is 7.98. The molecule has 0 unspecified atom stereocenters. The van der Waals surface area contributed by atoms with Gasteiger partial charge in [-0.3, -0.25) is 4.79 Å². The SMILES string of the molecule is COc1ccc(OC)c(/C=C/C(=O)NCc2ccc(F)cc2)c1. The number of hydrogen-bond donors (Lipinski definition) is 1. The molecule has 2 aromatic rings. The average molecular weight is 315 g/mol. The summed E-state index contributed by atoms with van der Waals surface area (Å²) in [6.45, 7) is 0.332. The van der Waals surface area contributed by atoms with Crippen molar-refractivity contribution in [1.29, 1.82) is 0 Å². The van der Waals surface area contributed by atoms with Crippen molar-refractivity contribution in [3.8, 4) is 11.5 Å². The molecule has 0 saturated heterocycles. The van der Waals surface area contributed by atoms with Gasteiger partial charge in [-0.25, -0.2) is 4.39 Å². The van der Waals surface area contributed by atoms with Crippen LogP contribution in [0, 0.1) is 5.82 Å². The van der Waals surface area contributed by atoms with Crippen molar-refractivity contribution in [2.45, 2.75) is 6.54 Å². The fourth-order valence-corrected chi connectivity index (χ4v) is 1.99. The van der Waals surface area contributed by atoms with Crippen LogP contribution in [0.25, 0.3) is 6.08 Å². The van der Waals surface area contributed by atoms with Crippen LogP contribution in [0.1, 0.15) is 11.1 Å². The summed E-state index contributed by atoms with van der Waals surface area (Å²) < 4.78 is 23.2. The largest absolute Gasteiger partial charge is 0.497 e. The third kappa shape index (κ3) is 4.85. The van der Waals surface area contributed by atoms with Gasteiger partial charge in [0.1, 0.15) is 17.3 Å². The maximum Gasteiger partial charge on any atom is 0.244 e. The van der Waals surface area contributed by atoms with Crippen LogP contribution in [0.3, 0.4) is 0 Å². The molecule has 0 aliphatic heterocycles. The highest BCUT2D eigenvalue weighted by atomic mass is 19.1. The molecule has 120 valence electrons. The summed E-state index contributed by atoms with van der Waals surface area (Å²) in [5.41, 5.74) is 1.57. The molecule has 5 heteroatoms. The molecule has 4 nitrogen and oxygen atoms in total. The molecule has 1 N–H and O–H groups in total. The Morgan fingerprint density at radius 1 is 1.13 bits per heavy atom. The number of carbonyl (C=O) groups excluding carboxylic acids is 1. The topological polar surface area (TPSA) is 47.6 Å². The minimum Gasteiger partial charge on any atom is -0.497 e. The van der Waals surface area contributed by atoms with Crippen LogP contribution in [0.15, 0.2) is 48.5 Å². The van der Waals surface area contributed by atoms with Crippen molar-refractivity contribution >= 4 is 12.0 Å². The molecule has 0 aromatic heterocycles. The monoisotopic (exact) mass is 315 g/mol. The highest BCUT2D eigenvalue weighted by molar-refractivity contribution is 5.92. The zero-order valence-corrected chi connectivity index (χ0v) is 13.0. The van der Waals surface area contributed by atoms with Crippen LogP contribution in [-0.2, 0) is 11.3 Å². The molecule has 0 heterocycles. The minimum absolute atomic E-state index is 0.251.